The van der Waals surface area contributed by atoms with Crippen molar-refractivity contribution in [2.45, 2.75) is 19.0 Å². The summed E-state index contributed by atoms with van der Waals surface area (Å²) >= 11 is 0. The van der Waals surface area contributed by atoms with E-state index in [0.29, 0.717) is 13.0 Å². The Labute approximate surface area is 141 Å². The van der Waals surface area contributed by atoms with E-state index >= 15 is 0 Å². The molecule has 0 aliphatic carbocycles. The zero-order valence-electron chi connectivity index (χ0n) is 13.9. The molecule has 1 atom stereocenters. The van der Waals surface area contributed by atoms with Gasteiger partial charge in [-0.05, 0) is 12.6 Å². The molecule has 2 rings (SSSR count). The summed E-state index contributed by atoms with van der Waals surface area (Å²) < 4.78 is 4.76. The fourth-order valence-electron chi connectivity index (χ4n) is 2.39. The second kappa shape index (κ2) is 8.83. The van der Waals surface area contributed by atoms with Crippen molar-refractivity contribution in [1.29, 1.82) is 0 Å². The van der Waals surface area contributed by atoms with Crippen LogP contribution in [0.4, 0.5) is 0 Å². The maximum Gasteiger partial charge on any atom is 0.328 e. The summed E-state index contributed by atoms with van der Waals surface area (Å²) in [5.41, 5.74) is 1.87. The van der Waals surface area contributed by atoms with E-state index in [1.54, 1.807) is 6.20 Å². The molecule has 1 aromatic heterocycles. The normalized spacial score (nSPS) is 12.0. The summed E-state index contributed by atoms with van der Waals surface area (Å²) in [6.07, 6.45) is 3.45. The molecule has 0 aliphatic rings. The molecular weight excluding hydrogens is 308 g/mol. The number of methoxy groups -OCH3 is 1. The van der Waals surface area contributed by atoms with Crippen LogP contribution < -0.4 is 5.32 Å². The van der Waals surface area contributed by atoms with Gasteiger partial charge in [-0.1, -0.05) is 30.3 Å². The molecule has 0 saturated heterocycles. The van der Waals surface area contributed by atoms with Crippen LogP contribution in [0, 0.1) is 0 Å². The molecule has 7 nitrogen and oxygen atoms in total. The Hall–Kier alpha value is -2.67. The quantitative estimate of drug-likeness (QED) is 0.697. The largest absolute Gasteiger partial charge is 0.467 e. The average Bonchev–Trinajstić information content (AvgIpc) is 3.07. The standard InChI is InChI=1S/C17H22N4O3/c1-21(10-13-6-4-3-5-7-13)11-16(22)20-15(17(23)24-2)8-14-9-18-12-19-14/h3-7,9,12,15H,8,10-11H2,1-2H3,(H,18,19)(H,20,22)/t15-/m0/s1. The van der Waals surface area contributed by atoms with Crippen molar-refractivity contribution in [3.8, 4) is 0 Å². The van der Waals surface area contributed by atoms with Crippen LogP contribution in [-0.2, 0) is 27.3 Å². The molecule has 0 fully saturated rings. The summed E-state index contributed by atoms with van der Waals surface area (Å²) in [7, 11) is 3.16. The number of carbonyl (C=O) groups excluding carboxylic acids is 2. The molecule has 7 heteroatoms. The summed E-state index contributed by atoms with van der Waals surface area (Å²) in [4.78, 5) is 32.8. The van der Waals surface area contributed by atoms with Crippen LogP contribution >= 0.6 is 0 Å². The molecule has 1 amide bonds. The molecule has 0 radical (unpaired) electrons. The van der Waals surface area contributed by atoms with Crippen LogP contribution in [0.1, 0.15) is 11.3 Å². The third kappa shape index (κ3) is 5.51. The lowest BCUT2D eigenvalue weighted by Gasteiger charge is -2.19. The molecule has 0 aliphatic heterocycles. The number of nitrogens with one attached hydrogen (secondary N) is 2. The molecule has 2 N–H and O–H groups in total. The van der Waals surface area contributed by atoms with Gasteiger partial charge in [-0.15, -0.1) is 0 Å². The number of likely N-dealkylation sites (N-methyl/N-ethyl adjacent to an activating group) is 1. The molecule has 1 aromatic carbocycles. The number of esters is 1. The van der Waals surface area contributed by atoms with Gasteiger partial charge in [0, 0.05) is 24.9 Å². The predicted octanol–water partition coefficient (Wildman–Crippen LogP) is 0.742. The van der Waals surface area contributed by atoms with Crippen molar-refractivity contribution in [2.75, 3.05) is 20.7 Å². The number of aromatic amines is 1. The van der Waals surface area contributed by atoms with Gasteiger partial charge in [-0.2, -0.15) is 0 Å². The van der Waals surface area contributed by atoms with Gasteiger partial charge in [0.25, 0.3) is 0 Å². The van der Waals surface area contributed by atoms with Crippen LogP contribution in [0.5, 0.6) is 0 Å². The van der Waals surface area contributed by atoms with E-state index in [1.165, 1.54) is 13.4 Å². The fraction of sp³-hybridized carbons (Fsp3) is 0.353. The summed E-state index contributed by atoms with van der Waals surface area (Å²) in [6.45, 7) is 0.836. The molecule has 0 bridgehead atoms. The minimum Gasteiger partial charge on any atom is -0.467 e. The van der Waals surface area contributed by atoms with Crippen LogP contribution in [0.3, 0.4) is 0 Å². The lowest BCUT2D eigenvalue weighted by molar-refractivity contribution is -0.145. The third-order valence-electron chi connectivity index (χ3n) is 3.51. The number of amides is 1. The number of aromatic nitrogens is 2. The number of nitrogens with zero attached hydrogens (tertiary/aromatic N) is 2. The zero-order valence-corrected chi connectivity index (χ0v) is 13.9. The lowest BCUT2D eigenvalue weighted by atomic mass is 10.1. The topological polar surface area (TPSA) is 87.3 Å². The Morgan fingerprint density at radius 2 is 2.08 bits per heavy atom. The Morgan fingerprint density at radius 3 is 2.71 bits per heavy atom. The Kier molecular flexibility index (Phi) is 6.51. The highest BCUT2D eigenvalue weighted by Gasteiger charge is 2.23. The minimum absolute atomic E-state index is 0.186. The number of imidazole rings is 1. The van der Waals surface area contributed by atoms with Crippen LogP contribution in [-0.4, -0.2) is 53.5 Å². The minimum atomic E-state index is -0.743. The molecule has 24 heavy (non-hydrogen) atoms. The van der Waals surface area contributed by atoms with Crippen molar-refractivity contribution in [2.24, 2.45) is 0 Å². The Bertz CT molecular complexity index is 643. The van der Waals surface area contributed by atoms with Crippen molar-refractivity contribution in [3.63, 3.8) is 0 Å². The first kappa shape index (κ1) is 17.7. The number of benzene rings is 1. The van der Waals surface area contributed by atoms with Crippen molar-refractivity contribution in [1.82, 2.24) is 20.2 Å². The molecule has 0 spiro atoms. The van der Waals surface area contributed by atoms with Crippen molar-refractivity contribution >= 4 is 11.9 Å². The van der Waals surface area contributed by atoms with Gasteiger partial charge in [0.15, 0.2) is 0 Å². The summed E-state index contributed by atoms with van der Waals surface area (Å²) in [6, 6.07) is 9.13. The molecule has 2 aromatic rings. The highest BCUT2D eigenvalue weighted by atomic mass is 16.5. The molecular formula is C17H22N4O3. The van der Waals surface area contributed by atoms with Gasteiger partial charge >= 0.3 is 5.97 Å². The second-order valence-electron chi connectivity index (χ2n) is 5.58. The van der Waals surface area contributed by atoms with E-state index in [0.717, 1.165) is 11.3 Å². The highest BCUT2D eigenvalue weighted by Crippen LogP contribution is 2.03. The van der Waals surface area contributed by atoms with Crippen LogP contribution in [0.25, 0.3) is 0 Å². The van der Waals surface area contributed by atoms with Gasteiger partial charge in [-0.25, -0.2) is 9.78 Å². The summed E-state index contributed by atoms with van der Waals surface area (Å²) in [5, 5.41) is 2.72. The first-order valence-corrected chi connectivity index (χ1v) is 7.65. The maximum atomic E-state index is 12.2. The Balaban J connectivity index is 1.88. The number of rotatable bonds is 8. The zero-order chi connectivity index (χ0) is 17.4. The van der Waals surface area contributed by atoms with E-state index in [9.17, 15) is 9.59 Å². The first-order valence-electron chi connectivity index (χ1n) is 7.65. The predicted molar refractivity (Wildman–Crippen MR) is 89.0 cm³/mol. The number of H-pyrrole nitrogens is 1. The first-order chi connectivity index (χ1) is 11.6. The SMILES string of the molecule is COC(=O)[C@H](Cc1cnc[nH]1)NC(=O)CN(C)Cc1ccccc1. The molecule has 128 valence electrons. The number of hydrogen-bond acceptors (Lipinski definition) is 5. The van der Waals surface area contributed by atoms with E-state index in [-0.39, 0.29) is 12.5 Å². The maximum absolute atomic E-state index is 12.2. The van der Waals surface area contributed by atoms with E-state index in [1.807, 2.05) is 42.3 Å². The van der Waals surface area contributed by atoms with Crippen LogP contribution in [0.2, 0.25) is 0 Å². The second-order valence-corrected chi connectivity index (χ2v) is 5.58. The van der Waals surface area contributed by atoms with E-state index in [2.05, 4.69) is 15.3 Å². The van der Waals surface area contributed by atoms with E-state index in [4.69, 9.17) is 4.74 Å². The number of ether oxygens (including phenoxy) is 1. The molecule has 1 heterocycles. The van der Waals surface area contributed by atoms with Crippen molar-refractivity contribution < 1.29 is 14.3 Å². The van der Waals surface area contributed by atoms with E-state index < -0.39 is 12.0 Å². The van der Waals surface area contributed by atoms with Gasteiger partial charge in [0.1, 0.15) is 6.04 Å². The lowest BCUT2D eigenvalue weighted by Crippen LogP contribution is -2.46. The monoisotopic (exact) mass is 330 g/mol. The number of hydrogen-bond donors (Lipinski definition) is 2. The molecule has 0 saturated carbocycles. The van der Waals surface area contributed by atoms with Crippen LogP contribution in [0.15, 0.2) is 42.9 Å². The Morgan fingerprint density at radius 1 is 1.33 bits per heavy atom. The smallest absolute Gasteiger partial charge is 0.328 e. The summed E-state index contributed by atoms with van der Waals surface area (Å²) in [5.74, 6) is -0.716. The van der Waals surface area contributed by atoms with Crippen molar-refractivity contribution in [3.05, 3.63) is 54.1 Å². The number of carbonyl (C=O) groups is 2. The van der Waals surface area contributed by atoms with Gasteiger partial charge < -0.3 is 15.0 Å². The molecule has 0 unspecified atom stereocenters. The van der Waals surface area contributed by atoms with Gasteiger partial charge in [0.05, 0.1) is 20.0 Å². The highest BCUT2D eigenvalue weighted by molar-refractivity contribution is 5.85. The third-order valence-corrected chi connectivity index (χ3v) is 3.51. The fourth-order valence-corrected chi connectivity index (χ4v) is 2.39. The van der Waals surface area contributed by atoms with Gasteiger partial charge in [0.2, 0.25) is 5.91 Å². The van der Waals surface area contributed by atoms with Gasteiger partial charge in [-0.3, -0.25) is 9.69 Å². The average molecular weight is 330 g/mol.